The first-order valence-electron chi connectivity index (χ1n) is 4.30. The van der Waals surface area contributed by atoms with E-state index in [4.69, 9.17) is 0 Å². The van der Waals surface area contributed by atoms with Crippen LogP contribution in [-0.4, -0.2) is 36.4 Å². The lowest BCUT2D eigenvalue weighted by Gasteiger charge is -2.30. The number of hydrazone groups is 1. The quantitative estimate of drug-likeness (QED) is 0.546. The first kappa shape index (κ1) is 7.10. The number of piperidine rings is 1. The number of hydrogen-bond donors (Lipinski definition) is 1. The Bertz CT molecular complexity index is 188. The average molecular weight is 153 g/mol. The second kappa shape index (κ2) is 2.48. The topological polar surface area (TPSA) is 27.6 Å². The van der Waals surface area contributed by atoms with Crippen LogP contribution in [-0.2, 0) is 0 Å². The molecule has 2 rings (SSSR count). The zero-order valence-corrected chi connectivity index (χ0v) is 7.17. The van der Waals surface area contributed by atoms with Crippen LogP contribution in [0.4, 0.5) is 0 Å². The molecule has 2 unspecified atom stereocenters. The first-order valence-corrected chi connectivity index (χ1v) is 4.30. The van der Waals surface area contributed by atoms with Gasteiger partial charge in [0.2, 0.25) is 0 Å². The molecular weight excluding hydrogens is 138 g/mol. The third-order valence-electron chi connectivity index (χ3n) is 2.67. The molecule has 0 bridgehead atoms. The molecule has 0 spiro atoms. The predicted octanol–water partition coefficient (Wildman–Crippen LogP) is 0.428. The highest BCUT2D eigenvalue weighted by Crippen LogP contribution is 2.21. The second-order valence-electron chi connectivity index (χ2n) is 3.46. The molecule has 62 valence electrons. The monoisotopic (exact) mass is 153 g/mol. The number of hydrogen-bond acceptors (Lipinski definition) is 3. The van der Waals surface area contributed by atoms with Crippen LogP contribution >= 0.6 is 0 Å². The predicted molar refractivity (Wildman–Crippen MR) is 45.7 cm³/mol. The van der Waals surface area contributed by atoms with E-state index in [2.05, 4.69) is 29.4 Å². The van der Waals surface area contributed by atoms with Crippen LogP contribution in [0.3, 0.4) is 0 Å². The lowest BCUT2D eigenvalue weighted by Crippen LogP contribution is -2.49. The summed E-state index contributed by atoms with van der Waals surface area (Å²) in [4.78, 5) is 0. The minimum atomic E-state index is 0.536. The van der Waals surface area contributed by atoms with Crippen LogP contribution in [0.1, 0.15) is 19.8 Å². The second-order valence-corrected chi connectivity index (χ2v) is 3.46. The maximum atomic E-state index is 4.42. The van der Waals surface area contributed by atoms with Crippen LogP contribution in [0.5, 0.6) is 0 Å². The Morgan fingerprint density at radius 1 is 1.64 bits per heavy atom. The van der Waals surface area contributed by atoms with Crippen molar-refractivity contribution in [3.8, 4) is 0 Å². The molecule has 2 aliphatic heterocycles. The molecule has 0 aromatic rings. The van der Waals surface area contributed by atoms with Gasteiger partial charge in [-0.3, -0.25) is 5.01 Å². The SMILES string of the molecule is CC1=NN(C)C2CCCNC12. The van der Waals surface area contributed by atoms with Crippen LogP contribution in [0.25, 0.3) is 0 Å². The standard InChI is InChI=1S/C8H15N3/c1-6-8-7(11(2)10-6)4-3-5-9-8/h7-9H,3-5H2,1-2H3. The maximum absolute atomic E-state index is 4.42. The number of fused-ring (bicyclic) bond motifs is 1. The largest absolute Gasteiger partial charge is 0.307 e. The van der Waals surface area contributed by atoms with Gasteiger partial charge < -0.3 is 5.32 Å². The van der Waals surface area contributed by atoms with Crippen molar-refractivity contribution in [2.45, 2.75) is 31.8 Å². The smallest absolute Gasteiger partial charge is 0.0693 e. The van der Waals surface area contributed by atoms with Crippen molar-refractivity contribution in [3.63, 3.8) is 0 Å². The van der Waals surface area contributed by atoms with Gasteiger partial charge in [0, 0.05) is 7.05 Å². The van der Waals surface area contributed by atoms with E-state index in [9.17, 15) is 0 Å². The fourth-order valence-electron chi connectivity index (χ4n) is 2.09. The van der Waals surface area contributed by atoms with Crippen molar-refractivity contribution < 1.29 is 0 Å². The van der Waals surface area contributed by atoms with E-state index in [1.165, 1.54) is 18.6 Å². The number of rotatable bonds is 0. The van der Waals surface area contributed by atoms with E-state index in [1.54, 1.807) is 0 Å². The molecule has 1 saturated heterocycles. The van der Waals surface area contributed by atoms with Gasteiger partial charge in [-0.1, -0.05) is 0 Å². The summed E-state index contributed by atoms with van der Waals surface area (Å²) in [6.07, 6.45) is 2.57. The van der Waals surface area contributed by atoms with Crippen LogP contribution in [0.2, 0.25) is 0 Å². The summed E-state index contributed by atoms with van der Waals surface area (Å²) in [6.45, 7) is 3.27. The van der Waals surface area contributed by atoms with Gasteiger partial charge >= 0.3 is 0 Å². The van der Waals surface area contributed by atoms with E-state index in [0.717, 1.165) is 6.54 Å². The molecule has 3 heteroatoms. The fourth-order valence-corrected chi connectivity index (χ4v) is 2.09. The summed E-state index contributed by atoms with van der Waals surface area (Å²) in [5.74, 6) is 0. The van der Waals surface area contributed by atoms with Crippen LogP contribution in [0, 0.1) is 0 Å². The maximum Gasteiger partial charge on any atom is 0.0693 e. The highest BCUT2D eigenvalue weighted by Gasteiger charge is 2.34. The average Bonchev–Trinajstić information content (AvgIpc) is 2.30. The Morgan fingerprint density at radius 3 is 3.18 bits per heavy atom. The minimum Gasteiger partial charge on any atom is -0.307 e. The third kappa shape index (κ3) is 1.03. The Balaban J connectivity index is 2.14. The summed E-state index contributed by atoms with van der Waals surface area (Å²) in [5, 5.41) is 10.0. The van der Waals surface area contributed by atoms with E-state index in [0.29, 0.717) is 12.1 Å². The Kier molecular flexibility index (Phi) is 1.60. The van der Waals surface area contributed by atoms with Gasteiger partial charge in [0.05, 0.1) is 17.8 Å². The molecule has 0 aromatic carbocycles. The van der Waals surface area contributed by atoms with Crippen LogP contribution < -0.4 is 5.32 Å². The Morgan fingerprint density at radius 2 is 2.45 bits per heavy atom. The van der Waals surface area contributed by atoms with Gasteiger partial charge in [0.25, 0.3) is 0 Å². The number of nitrogens with zero attached hydrogens (tertiary/aromatic N) is 2. The molecule has 3 nitrogen and oxygen atoms in total. The highest BCUT2D eigenvalue weighted by molar-refractivity contribution is 5.89. The van der Waals surface area contributed by atoms with E-state index >= 15 is 0 Å². The zero-order chi connectivity index (χ0) is 7.84. The summed E-state index contributed by atoms with van der Waals surface area (Å²) in [5.41, 5.74) is 1.25. The number of nitrogens with one attached hydrogen (secondary N) is 1. The molecule has 2 aliphatic rings. The summed E-state index contributed by atoms with van der Waals surface area (Å²) < 4.78 is 0. The number of likely N-dealkylation sites (N-methyl/N-ethyl adjacent to an activating group) is 1. The van der Waals surface area contributed by atoms with Crippen molar-refractivity contribution in [1.29, 1.82) is 0 Å². The highest BCUT2D eigenvalue weighted by atomic mass is 15.5. The summed E-state index contributed by atoms with van der Waals surface area (Å²) in [7, 11) is 2.07. The van der Waals surface area contributed by atoms with Crippen molar-refractivity contribution in [2.75, 3.05) is 13.6 Å². The molecule has 0 aliphatic carbocycles. The molecule has 0 radical (unpaired) electrons. The molecule has 2 heterocycles. The Labute approximate surface area is 67.5 Å². The zero-order valence-electron chi connectivity index (χ0n) is 7.17. The van der Waals surface area contributed by atoms with Crippen molar-refractivity contribution >= 4 is 5.71 Å². The molecule has 0 amide bonds. The summed E-state index contributed by atoms with van der Waals surface area (Å²) >= 11 is 0. The van der Waals surface area contributed by atoms with Crippen molar-refractivity contribution in [2.24, 2.45) is 5.10 Å². The fraction of sp³-hybridized carbons (Fsp3) is 0.875. The molecule has 1 N–H and O–H groups in total. The lowest BCUT2D eigenvalue weighted by molar-refractivity contribution is 0.217. The normalized spacial score (nSPS) is 36.9. The van der Waals surface area contributed by atoms with Gasteiger partial charge in [-0.25, -0.2) is 0 Å². The van der Waals surface area contributed by atoms with E-state index in [-0.39, 0.29) is 0 Å². The Hall–Kier alpha value is -0.570. The molecule has 11 heavy (non-hydrogen) atoms. The van der Waals surface area contributed by atoms with Gasteiger partial charge in [-0.05, 0) is 26.3 Å². The van der Waals surface area contributed by atoms with E-state index < -0.39 is 0 Å². The van der Waals surface area contributed by atoms with Gasteiger partial charge in [0.1, 0.15) is 0 Å². The summed E-state index contributed by atoms with van der Waals surface area (Å²) in [6, 6.07) is 1.16. The molecular formula is C8H15N3. The van der Waals surface area contributed by atoms with Gasteiger partial charge in [0.15, 0.2) is 0 Å². The molecule has 2 atom stereocenters. The van der Waals surface area contributed by atoms with Gasteiger partial charge in [-0.2, -0.15) is 5.10 Å². The molecule has 0 saturated carbocycles. The molecule has 0 aromatic heterocycles. The van der Waals surface area contributed by atoms with Crippen LogP contribution in [0.15, 0.2) is 5.10 Å². The lowest BCUT2D eigenvalue weighted by atomic mass is 9.97. The minimum absolute atomic E-state index is 0.536. The molecule has 1 fully saturated rings. The first-order chi connectivity index (χ1) is 5.29. The van der Waals surface area contributed by atoms with E-state index in [1.807, 2.05) is 0 Å². The third-order valence-corrected chi connectivity index (χ3v) is 2.67. The van der Waals surface area contributed by atoms with Gasteiger partial charge in [-0.15, -0.1) is 0 Å². The van der Waals surface area contributed by atoms with Crippen molar-refractivity contribution in [3.05, 3.63) is 0 Å². The van der Waals surface area contributed by atoms with Crippen molar-refractivity contribution in [1.82, 2.24) is 10.3 Å².